The second kappa shape index (κ2) is 10.5. The Morgan fingerprint density at radius 2 is 1.76 bits per heavy atom. The Morgan fingerprint density at radius 3 is 2.48 bits per heavy atom. The Balaban J connectivity index is 1.57. The number of aromatic nitrogens is 2. The molecule has 0 unspecified atom stereocenters. The van der Waals surface area contributed by atoms with Gasteiger partial charge in [0.25, 0.3) is 11.5 Å². The highest BCUT2D eigenvalue weighted by atomic mass is 79.9. The molecule has 1 N–H and O–H groups in total. The first-order valence-corrected chi connectivity index (χ1v) is 12.1. The fraction of sp³-hybridized carbons (Fsp3) is 0.0435. The van der Waals surface area contributed by atoms with E-state index in [0.29, 0.717) is 37.4 Å². The van der Waals surface area contributed by atoms with Gasteiger partial charge in [0.1, 0.15) is 0 Å². The highest BCUT2D eigenvalue weighted by Gasteiger charge is 2.15. The number of rotatable bonds is 6. The first-order chi connectivity index (χ1) is 15.9. The molecule has 10 heteroatoms. The number of thioether (sulfide) groups is 1. The molecule has 3 aromatic carbocycles. The fourth-order valence-corrected chi connectivity index (χ4v) is 4.56. The summed E-state index contributed by atoms with van der Waals surface area (Å²) in [7, 11) is 0. The van der Waals surface area contributed by atoms with E-state index in [1.165, 1.54) is 10.8 Å². The lowest BCUT2D eigenvalue weighted by atomic mass is 10.2. The monoisotopic (exact) mass is 560 g/mol. The zero-order valence-electron chi connectivity index (χ0n) is 16.8. The van der Waals surface area contributed by atoms with Gasteiger partial charge in [-0.3, -0.25) is 14.2 Å². The molecule has 0 radical (unpaired) electrons. The molecule has 0 saturated carbocycles. The second-order valence-electron chi connectivity index (χ2n) is 6.75. The molecular formula is C23H15BrCl2N4O2S. The molecule has 0 aliphatic carbocycles. The minimum absolute atomic E-state index is 0.00506. The van der Waals surface area contributed by atoms with Crippen molar-refractivity contribution in [2.24, 2.45) is 5.10 Å². The lowest BCUT2D eigenvalue weighted by Gasteiger charge is -2.13. The van der Waals surface area contributed by atoms with E-state index in [1.54, 1.807) is 36.4 Å². The third-order valence-electron chi connectivity index (χ3n) is 4.54. The summed E-state index contributed by atoms with van der Waals surface area (Å²) in [5.74, 6) is -0.376. The van der Waals surface area contributed by atoms with E-state index in [4.69, 9.17) is 23.2 Å². The third-order valence-corrected chi connectivity index (χ3v) is 6.67. The van der Waals surface area contributed by atoms with Crippen molar-refractivity contribution in [3.63, 3.8) is 0 Å². The summed E-state index contributed by atoms with van der Waals surface area (Å²) < 4.78 is 2.39. The number of nitrogens with zero attached hydrogens (tertiary/aromatic N) is 3. The van der Waals surface area contributed by atoms with Crippen LogP contribution >= 0.6 is 50.9 Å². The van der Waals surface area contributed by atoms with Crippen LogP contribution in [0.15, 0.2) is 86.3 Å². The first-order valence-electron chi connectivity index (χ1n) is 9.60. The lowest BCUT2D eigenvalue weighted by molar-refractivity contribution is -0.118. The molecule has 6 nitrogen and oxygen atoms in total. The van der Waals surface area contributed by atoms with Crippen molar-refractivity contribution in [3.05, 3.63) is 97.2 Å². The summed E-state index contributed by atoms with van der Waals surface area (Å²) in [6, 6.07) is 19.5. The minimum Gasteiger partial charge on any atom is -0.272 e. The standard InChI is InChI=1S/C23H15BrCl2N4O2S/c24-14-8-10-15(11-9-14)30-22(32)16-4-1-2-7-20(16)28-23(30)33-13-21(31)29-27-12-17-18(25)5-3-6-19(17)26/h1-12H,13H2,(H,29,31). The summed E-state index contributed by atoms with van der Waals surface area (Å²) in [6.45, 7) is 0. The molecular weight excluding hydrogens is 547 g/mol. The van der Waals surface area contributed by atoms with Gasteiger partial charge in [-0.05, 0) is 48.5 Å². The summed E-state index contributed by atoms with van der Waals surface area (Å²) >= 11 is 16.7. The Morgan fingerprint density at radius 1 is 1.06 bits per heavy atom. The molecule has 4 aromatic rings. The van der Waals surface area contributed by atoms with Crippen LogP contribution in [0.1, 0.15) is 5.56 Å². The predicted octanol–water partition coefficient (Wildman–Crippen LogP) is 5.70. The zero-order chi connectivity index (χ0) is 23.4. The van der Waals surface area contributed by atoms with Gasteiger partial charge in [0.2, 0.25) is 0 Å². The highest BCUT2D eigenvalue weighted by Crippen LogP contribution is 2.23. The normalized spacial score (nSPS) is 11.2. The average Bonchev–Trinajstić information content (AvgIpc) is 2.80. The van der Waals surface area contributed by atoms with Gasteiger partial charge >= 0.3 is 0 Å². The first kappa shape index (κ1) is 23.5. The van der Waals surface area contributed by atoms with E-state index >= 15 is 0 Å². The van der Waals surface area contributed by atoms with Gasteiger partial charge in [-0.2, -0.15) is 5.10 Å². The SMILES string of the molecule is O=C(CSc1nc2ccccc2c(=O)n1-c1ccc(Br)cc1)NN=Cc1c(Cl)cccc1Cl. The molecule has 33 heavy (non-hydrogen) atoms. The Hall–Kier alpha value is -2.65. The molecule has 0 spiro atoms. The molecule has 0 aliphatic heterocycles. The topological polar surface area (TPSA) is 76.3 Å². The number of benzene rings is 3. The van der Waals surface area contributed by atoms with Crippen LogP contribution in [0, 0.1) is 0 Å². The summed E-state index contributed by atoms with van der Waals surface area (Å²) in [6.07, 6.45) is 1.39. The molecule has 166 valence electrons. The fourth-order valence-electron chi connectivity index (χ4n) is 2.99. The zero-order valence-corrected chi connectivity index (χ0v) is 20.7. The quantitative estimate of drug-likeness (QED) is 0.142. The molecule has 4 rings (SSSR count). The predicted molar refractivity (Wildman–Crippen MR) is 138 cm³/mol. The maximum Gasteiger partial charge on any atom is 0.266 e. The number of nitrogens with one attached hydrogen (secondary N) is 1. The Bertz CT molecular complexity index is 1400. The highest BCUT2D eigenvalue weighted by molar-refractivity contribution is 9.10. The number of carbonyl (C=O) groups excluding carboxylic acids is 1. The Labute approximate surface area is 211 Å². The number of fused-ring (bicyclic) bond motifs is 1. The van der Waals surface area contributed by atoms with Crippen molar-refractivity contribution >= 4 is 73.9 Å². The molecule has 0 aliphatic rings. The van der Waals surface area contributed by atoms with Crippen molar-refractivity contribution in [1.29, 1.82) is 0 Å². The number of halogens is 3. The van der Waals surface area contributed by atoms with Crippen LogP contribution in [0.3, 0.4) is 0 Å². The molecule has 1 aromatic heterocycles. The molecule has 1 amide bonds. The number of hydrogen-bond donors (Lipinski definition) is 1. The second-order valence-corrected chi connectivity index (χ2v) is 9.42. The molecule has 0 bridgehead atoms. The number of hydrazone groups is 1. The van der Waals surface area contributed by atoms with Crippen LogP contribution in [-0.2, 0) is 4.79 Å². The number of amides is 1. The van der Waals surface area contributed by atoms with E-state index < -0.39 is 0 Å². The number of para-hydroxylation sites is 1. The minimum atomic E-state index is -0.371. The van der Waals surface area contributed by atoms with Crippen molar-refractivity contribution in [2.75, 3.05) is 5.75 Å². The van der Waals surface area contributed by atoms with E-state index in [1.807, 2.05) is 30.3 Å². The van der Waals surface area contributed by atoms with Crippen LogP contribution in [0.4, 0.5) is 0 Å². The maximum absolute atomic E-state index is 13.2. The maximum atomic E-state index is 13.2. The van der Waals surface area contributed by atoms with Crippen LogP contribution in [0.2, 0.25) is 10.0 Å². The largest absolute Gasteiger partial charge is 0.272 e. The van der Waals surface area contributed by atoms with Crippen molar-refractivity contribution < 1.29 is 4.79 Å². The van der Waals surface area contributed by atoms with Gasteiger partial charge in [-0.1, -0.05) is 69.1 Å². The molecule has 0 fully saturated rings. The molecule has 0 atom stereocenters. The van der Waals surface area contributed by atoms with Crippen LogP contribution in [0.25, 0.3) is 16.6 Å². The van der Waals surface area contributed by atoms with Gasteiger partial charge in [0.05, 0.1) is 38.6 Å². The van der Waals surface area contributed by atoms with Gasteiger partial charge in [0, 0.05) is 10.0 Å². The van der Waals surface area contributed by atoms with Crippen LogP contribution in [-0.4, -0.2) is 27.4 Å². The lowest BCUT2D eigenvalue weighted by Crippen LogP contribution is -2.24. The summed E-state index contributed by atoms with van der Waals surface area (Å²) in [5.41, 5.74) is 3.95. The van der Waals surface area contributed by atoms with E-state index in [9.17, 15) is 9.59 Å². The smallest absolute Gasteiger partial charge is 0.266 e. The van der Waals surface area contributed by atoms with E-state index in [0.717, 1.165) is 16.2 Å². The summed E-state index contributed by atoms with van der Waals surface area (Å²) in [4.78, 5) is 30.2. The van der Waals surface area contributed by atoms with Crippen LogP contribution < -0.4 is 11.0 Å². The van der Waals surface area contributed by atoms with Gasteiger partial charge in [0.15, 0.2) is 5.16 Å². The van der Waals surface area contributed by atoms with Gasteiger partial charge in [-0.15, -0.1) is 0 Å². The van der Waals surface area contributed by atoms with Crippen molar-refractivity contribution in [3.8, 4) is 5.69 Å². The Kier molecular flexibility index (Phi) is 7.49. The number of carbonyl (C=O) groups is 1. The average molecular weight is 562 g/mol. The van der Waals surface area contributed by atoms with Crippen LogP contribution in [0.5, 0.6) is 0 Å². The van der Waals surface area contributed by atoms with Crippen molar-refractivity contribution in [1.82, 2.24) is 15.0 Å². The van der Waals surface area contributed by atoms with Gasteiger partial charge in [-0.25, -0.2) is 10.4 Å². The van der Waals surface area contributed by atoms with E-state index in [-0.39, 0.29) is 17.2 Å². The molecule has 1 heterocycles. The molecule has 0 saturated heterocycles. The third kappa shape index (κ3) is 5.47. The van der Waals surface area contributed by atoms with E-state index in [2.05, 4.69) is 31.4 Å². The van der Waals surface area contributed by atoms with Gasteiger partial charge < -0.3 is 0 Å². The summed E-state index contributed by atoms with van der Waals surface area (Å²) in [5, 5.41) is 5.68. The van der Waals surface area contributed by atoms with Crippen molar-refractivity contribution in [2.45, 2.75) is 5.16 Å². The number of hydrogen-bond acceptors (Lipinski definition) is 5.